The molecule has 2 unspecified atom stereocenters. The molecule has 0 bridgehead atoms. The summed E-state index contributed by atoms with van der Waals surface area (Å²) in [6, 6.07) is 14.2. The highest BCUT2D eigenvalue weighted by molar-refractivity contribution is 5.98. The van der Waals surface area contributed by atoms with Crippen LogP contribution in [0.5, 0.6) is 0 Å². The van der Waals surface area contributed by atoms with Crippen LogP contribution in [0.3, 0.4) is 0 Å². The fraction of sp³-hybridized carbons (Fsp3) is 0.364. The third-order valence-corrected chi connectivity index (χ3v) is 4.77. The summed E-state index contributed by atoms with van der Waals surface area (Å²) in [6.45, 7) is 2.70. The Kier molecular flexibility index (Phi) is 8.18. The zero-order valence-electron chi connectivity index (χ0n) is 17.4. The largest absolute Gasteiger partial charge is 0.388 e. The van der Waals surface area contributed by atoms with Gasteiger partial charge in [0.05, 0.1) is 6.10 Å². The van der Waals surface area contributed by atoms with Gasteiger partial charge in [-0.05, 0) is 44.3 Å². The van der Waals surface area contributed by atoms with Crippen molar-refractivity contribution in [3.63, 3.8) is 0 Å². The van der Waals surface area contributed by atoms with Gasteiger partial charge in [-0.1, -0.05) is 36.4 Å². The summed E-state index contributed by atoms with van der Waals surface area (Å²) in [5.41, 5.74) is 2.58. The first-order chi connectivity index (χ1) is 13.8. The summed E-state index contributed by atoms with van der Waals surface area (Å²) in [7, 11) is 5.42. The molecule has 0 radical (unpaired) electrons. The third-order valence-electron chi connectivity index (χ3n) is 4.77. The molecule has 29 heavy (non-hydrogen) atoms. The lowest BCUT2D eigenvalue weighted by Gasteiger charge is -2.26. The van der Waals surface area contributed by atoms with E-state index in [0.717, 1.165) is 5.56 Å². The minimum Gasteiger partial charge on any atom is -0.388 e. The monoisotopic (exact) mass is 398 g/mol. The van der Waals surface area contributed by atoms with Gasteiger partial charge in [0, 0.05) is 37.3 Å². The fourth-order valence-corrected chi connectivity index (χ4v) is 3.21. The molecule has 2 rings (SSSR count). The standard InChI is InChI=1S/C22H30N4O3/c1-15-18(21(28)23-2)11-8-12-19(15)25-22(29)24-13-17(14-26(3)4)20(27)16-9-6-5-7-10-16/h5-12,17,20,27H,13-14H2,1-4H3,(H,23,28)(H2,24,25,29). The van der Waals surface area contributed by atoms with Gasteiger partial charge >= 0.3 is 6.03 Å². The molecule has 0 aliphatic rings. The topological polar surface area (TPSA) is 93.7 Å². The Morgan fingerprint density at radius 3 is 2.38 bits per heavy atom. The number of hydrogen-bond acceptors (Lipinski definition) is 4. The van der Waals surface area contributed by atoms with Crippen molar-refractivity contribution in [2.45, 2.75) is 13.0 Å². The first-order valence-electron chi connectivity index (χ1n) is 9.57. The summed E-state index contributed by atoms with van der Waals surface area (Å²) in [5.74, 6) is -0.389. The molecule has 3 amide bonds. The maximum Gasteiger partial charge on any atom is 0.319 e. The van der Waals surface area contributed by atoms with E-state index >= 15 is 0 Å². The van der Waals surface area contributed by atoms with Crippen LogP contribution in [-0.4, -0.2) is 56.2 Å². The molecule has 0 aliphatic heterocycles. The average Bonchev–Trinajstić information content (AvgIpc) is 2.72. The van der Waals surface area contributed by atoms with E-state index < -0.39 is 6.10 Å². The van der Waals surface area contributed by atoms with Gasteiger partial charge in [-0.25, -0.2) is 4.79 Å². The number of urea groups is 1. The highest BCUT2D eigenvalue weighted by atomic mass is 16.3. The lowest BCUT2D eigenvalue weighted by atomic mass is 9.95. The quantitative estimate of drug-likeness (QED) is 0.549. The number of nitrogens with zero attached hydrogens (tertiary/aromatic N) is 1. The predicted molar refractivity (Wildman–Crippen MR) is 115 cm³/mol. The summed E-state index contributed by atoms with van der Waals surface area (Å²) in [4.78, 5) is 26.4. The molecule has 0 aliphatic carbocycles. The molecule has 7 nitrogen and oxygen atoms in total. The zero-order valence-corrected chi connectivity index (χ0v) is 17.4. The van der Waals surface area contributed by atoms with Crippen LogP contribution in [0.1, 0.15) is 27.6 Å². The number of anilines is 1. The Balaban J connectivity index is 2.04. The summed E-state index contributed by atoms with van der Waals surface area (Å²) in [6.07, 6.45) is -0.697. The maximum atomic E-state index is 12.4. The van der Waals surface area contributed by atoms with E-state index in [9.17, 15) is 14.7 Å². The van der Waals surface area contributed by atoms with E-state index in [1.54, 1.807) is 32.2 Å². The van der Waals surface area contributed by atoms with Crippen LogP contribution in [0.25, 0.3) is 0 Å². The maximum absolute atomic E-state index is 12.4. The minimum atomic E-state index is -0.697. The molecule has 156 valence electrons. The van der Waals surface area contributed by atoms with Crippen molar-refractivity contribution >= 4 is 17.6 Å². The normalized spacial score (nSPS) is 12.9. The number of amides is 3. The summed E-state index contributed by atoms with van der Waals surface area (Å²) >= 11 is 0. The van der Waals surface area contributed by atoms with Crippen molar-refractivity contribution in [1.82, 2.24) is 15.5 Å². The van der Waals surface area contributed by atoms with Crippen LogP contribution in [0.15, 0.2) is 48.5 Å². The summed E-state index contributed by atoms with van der Waals surface area (Å²) in [5, 5.41) is 19.0. The summed E-state index contributed by atoms with van der Waals surface area (Å²) < 4.78 is 0. The number of aliphatic hydroxyl groups is 1. The van der Waals surface area contributed by atoms with E-state index in [1.807, 2.05) is 49.3 Å². The Morgan fingerprint density at radius 1 is 1.07 bits per heavy atom. The number of hydrogen-bond donors (Lipinski definition) is 4. The average molecular weight is 399 g/mol. The molecule has 0 fully saturated rings. The zero-order chi connectivity index (χ0) is 21.4. The molecule has 2 aromatic rings. The molecule has 0 heterocycles. The van der Waals surface area contributed by atoms with Gasteiger partial charge in [0.1, 0.15) is 0 Å². The molecular weight excluding hydrogens is 368 g/mol. The molecule has 0 saturated carbocycles. The second kappa shape index (κ2) is 10.6. The van der Waals surface area contributed by atoms with Crippen LogP contribution in [-0.2, 0) is 0 Å². The van der Waals surface area contributed by atoms with Gasteiger partial charge in [-0.2, -0.15) is 0 Å². The van der Waals surface area contributed by atoms with Crippen molar-refractivity contribution in [2.75, 3.05) is 39.5 Å². The number of aliphatic hydroxyl groups excluding tert-OH is 1. The molecular formula is C22H30N4O3. The van der Waals surface area contributed by atoms with Crippen LogP contribution < -0.4 is 16.0 Å². The Morgan fingerprint density at radius 2 is 1.76 bits per heavy atom. The second-order valence-electron chi connectivity index (χ2n) is 7.27. The smallest absolute Gasteiger partial charge is 0.319 e. The number of rotatable bonds is 8. The van der Waals surface area contributed by atoms with E-state index in [2.05, 4.69) is 16.0 Å². The molecule has 2 atom stereocenters. The van der Waals surface area contributed by atoms with Crippen molar-refractivity contribution < 1.29 is 14.7 Å². The lowest BCUT2D eigenvalue weighted by molar-refractivity contribution is 0.0911. The third kappa shape index (κ3) is 6.30. The predicted octanol–water partition coefficient (Wildman–Crippen LogP) is 2.39. The molecule has 7 heteroatoms. The van der Waals surface area contributed by atoms with Gasteiger partial charge in [-0.3, -0.25) is 4.79 Å². The van der Waals surface area contributed by atoms with Crippen LogP contribution in [0.4, 0.5) is 10.5 Å². The molecule has 2 aromatic carbocycles. The van der Waals surface area contributed by atoms with E-state index in [4.69, 9.17) is 0 Å². The van der Waals surface area contributed by atoms with Gasteiger partial charge in [0.15, 0.2) is 0 Å². The first kappa shape index (κ1) is 22.4. The number of nitrogens with one attached hydrogen (secondary N) is 3. The molecule has 0 saturated heterocycles. The lowest BCUT2D eigenvalue weighted by Crippen LogP contribution is -2.39. The molecule has 4 N–H and O–H groups in total. The fourth-order valence-electron chi connectivity index (χ4n) is 3.21. The number of benzene rings is 2. The van der Waals surface area contributed by atoms with E-state index in [0.29, 0.717) is 29.9 Å². The van der Waals surface area contributed by atoms with Crippen molar-refractivity contribution in [3.8, 4) is 0 Å². The SMILES string of the molecule is CNC(=O)c1cccc(NC(=O)NCC(CN(C)C)C(O)c2ccccc2)c1C. The van der Waals surface area contributed by atoms with Gasteiger partial charge in [-0.15, -0.1) is 0 Å². The van der Waals surface area contributed by atoms with Gasteiger partial charge in [0.25, 0.3) is 5.91 Å². The first-order valence-corrected chi connectivity index (χ1v) is 9.57. The second-order valence-corrected chi connectivity index (χ2v) is 7.27. The molecule has 0 aromatic heterocycles. The van der Waals surface area contributed by atoms with Crippen molar-refractivity contribution in [3.05, 3.63) is 65.2 Å². The highest BCUT2D eigenvalue weighted by Crippen LogP contribution is 2.22. The van der Waals surface area contributed by atoms with E-state index in [1.165, 1.54) is 0 Å². The van der Waals surface area contributed by atoms with Crippen LogP contribution in [0.2, 0.25) is 0 Å². The molecule has 0 spiro atoms. The number of carbonyl (C=O) groups is 2. The van der Waals surface area contributed by atoms with Crippen LogP contribution >= 0.6 is 0 Å². The van der Waals surface area contributed by atoms with Crippen molar-refractivity contribution in [1.29, 1.82) is 0 Å². The number of carbonyl (C=O) groups excluding carboxylic acids is 2. The van der Waals surface area contributed by atoms with Gasteiger partial charge < -0.3 is 26.0 Å². The van der Waals surface area contributed by atoms with E-state index in [-0.39, 0.29) is 17.9 Å². The Hall–Kier alpha value is -2.90. The van der Waals surface area contributed by atoms with Gasteiger partial charge in [0.2, 0.25) is 0 Å². The van der Waals surface area contributed by atoms with Crippen molar-refractivity contribution in [2.24, 2.45) is 5.92 Å². The van der Waals surface area contributed by atoms with Crippen LogP contribution in [0, 0.1) is 12.8 Å². The Bertz CT molecular complexity index is 824. The minimum absolute atomic E-state index is 0.184. The highest BCUT2D eigenvalue weighted by Gasteiger charge is 2.22. The Labute approximate surface area is 172 Å².